The van der Waals surface area contributed by atoms with E-state index < -0.39 is 0 Å². The Bertz CT molecular complexity index is 502. The van der Waals surface area contributed by atoms with Crippen molar-refractivity contribution in [2.75, 3.05) is 39.0 Å². The lowest BCUT2D eigenvalue weighted by atomic mass is 10.0. The maximum atomic E-state index is 13.7. The number of rotatable bonds is 4. The summed E-state index contributed by atoms with van der Waals surface area (Å²) < 4.78 is 13.7. The van der Waals surface area contributed by atoms with E-state index in [0.717, 1.165) is 25.9 Å². The number of hydrogen-bond acceptors (Lipinski definition) is 3. The van der Waals surface area contributed by atoms with E-state index in [1.165, 1.54) is 12.1 Å². The van der Waals surface area contributed by atoms with Crippen LogP contribution in [0.3, 0.4) is 0 Å². The summed E-state index contributed by atoms with van der Waals surface area (Å²) in [5, 5.41) is 3.73. The van der Waals surface area contributed by atoms with E-state index in [-0.39, 0.29) is 17.8 Å². The van der Waals surface area contributed by atoms with Gasteiger partial charge in [0, 0.05) is 38.2 Å². The highest BCUT2D eigenvalue weighted by Crippen LogP contribution is 2.23. The van der Waals surface area contributed by atoms with Crippen LogP contribution in [0, 0.1) is 5.82 Å². The van der Waals surface area contributed by atoms with Crippen molar-refractivity contribution in [1.82, 2.24) is 9.80 Å². The molecule has 21 heavy (non-hydrogen) atoms. The first-order valence-corrected chi connectivity index (χ1v) is 7.47. The molecule has 4 nitrogen and oxygen atoms in total. The Morgan fingerprint density at radius 2 is 2.10 bits per heavy atom. The first kappa shape index (κ1) is 16.0. The minimum atomic E-state index is -0.287. The second kappa shape index (κ2) is 7.09. The van der Waals surface area contributed by atoms with Gasteiger partial charge in [0.1, 0.15) is 5.82 Å². The number of carbonyl (C=O) groups excluding carboxylic acids is 1. The van der Waals surface area contributed by atoms with Gasteiger partial charge in [-0.1, -0.05) is 11.6 Å². The molecule has 2 rings (SSSR count). The summed E-state index contributed by atoms with van der Waals surface area (Å²) >= 11 is 5.89. The second-order valence-corrected chi connectivity index (χ2v) is 6.04. The second-order valence-electron chi connectivity index (χ2n) is 5.61. The van der Waals surface area contributed by atoms with Gasteiger partial charge < -0.3 is 10.2 Å². The molecule has 1 aliphatic rings. The van der Waals surface area contributed by atoms with E-state index in [2.05, 4.69) is 10.2 Å². The lowest BCUT2D eigenvalue weighted by molar-refractivity contribution is -0.130. The molecule has 0 radical (unpaired) electrons. The van der Waals surface area contributed by atoms with Gasteiger partial charge in [-0.05, 0) is 31.0 Å². The molecular formula is C15H21ClFN3O. The Balaban J connectivity index is 1.84. The molecule has 1 amide bonds. The molecule has 1 aromatic rings. The normalized spacial score (nSPS) is 16.8. The molecular weight excluding hydrogens is 293 g/mol. The third kappa shape index (κ3) is 4.58. The van der Waals surface area contributed by atoms with Crippen molar-refractivity contribution in [2.24, 2.45) is 0 Å². The Hall–Kier alpha value is -1.33. The van der Waals surface area contributed by atoms with E-state index in [9.17, 15) is 9.18 Å². The molecule has 1 saturated heterocycles. The van der Waals surface area contributed by atoms with Crippen molar-refractivity contribution in [3.8, 4) is 0 Å². The van der Waals surface area contributed by atoms with Crippen molar-refractivity contribution in [1.29, 1.82) is 0 Å². The SMILES string of the molecule is CN(C)C(=O)CN1CCC(Nc2cc(Cl)ccc2F)CC1. The van der Waals surface area contributed by atoms with E-state index in [0.29, 0.717) is 17.3 Å². The zero-order valence-electron chi connectivity index (χ0n) is 12.4. The third-order valence-corrected chi connectivity index (χ3v) is 3.97. The summed E-state index contributed by atoms with van der Waals surface area (Å²) in [5.41, 5.74) is 0.449. The van der Waals surface area contributed by atoms with Crippen LogP contribution in [0.4, 0.5) is 10.1 Å². The van der Waals surface area contributed by atoms with Crippen molar-refractivity contribution in [3.05, 3.63) is 29.0 Å². The molecule has 1 heterocycles. The maximum Gasteiger partial charge on any atom is 0.236 e. The maximum absolute atomic E-state index is 13.7. The topological polar surface area (TPSA) is 35.6 Å². The number of carbonyl (C=O) groups is 1. The molecule has 0 saturated carbocycles. The Labute approximate surface area is 129 Å². The molecule has 1 fully saturated rings. The minimum Gasteiger partial charge on any atom is -0.380 e. The number of anilines is 1. The van der Waals surface area contributed by atoms with Crippen molar-refractivity contribution < 1.29 is 9.18 Å². The van der Waals surface area contributed by atoms with Gasteiger partial charge in [-0.2, -0.15) is 0 Å². The van der Waals surface area contributed by atoms with Crippen molar-refractivity contribution >= 4 is 23.2 Å². The highest BCUT2D eigenvalue weighted by molar-refractivity contribution is 6.30. The number of piperidine rings is 1. The van der Waals surface area contributed by atoms with Gasteiger partial charge in [-0.3, -0.25) is 9.69 Å². The zero-order valence-corrected chi connectivity index (χ0v) is 13.2. The standard InChI is InChI=1S/C15H21ClFN3O/c1-19(2)15(21)10-20-7-5-12(6-8-20)18-14-9-11(16)3-4-13(14)17/h3-4,9,12,18H,5-8,10H2,1-2H3. The molecule has 116 valence electrons. The predicted octanol–water partition coefficient (Wildman–Crippen LogP) is 2.44. The number of halogens is 2. The number of amides is 1. The Kier molecular flexibility index (Phi) is 5.42. The average molecular weight is 314 g/mol. The lowest BCUT2D eigenvalue weighted by Crippen LogP contribution is -2.44. The number of nitrogens with one attached hydrogen (secondary N) is 1. The highest BCUT2D eigenvalue weighted by atomic mass is 35.5. The molecule has 0 spiro atoms. The average Bonchev–Trinajstić information content (AvgIpc) is 2.45. The molecule has 0 unspecified atom stereocenters. The molecule has 0 atom stereocenters. The highest BCUT2D eigenvalue weighted by Gasteiger charge is 2.21. The van der Waals surface area contributed by atoms with Crippen LogP contribution in [0.25, 0.3) is 0 Å². The van der Waals surface area contributed by atoms with E-state index in [1.54, 1.807) is 25.1 Å². The molecule has 1 aliphatic heterocycles. The van der Waals surface area contributed by atoms with Crippen LogP contribution in [0.5, 0.6) is 0 Å². The third-order valence-electron chi connectivity index (χ3n) is 3.73. The lowest BCUT2D eigenvalue weighted by Gasteiger charge is -2.33. The van der Waals surface area contributed by atoms with Gasteiger partial charge in [-0.15, -0.1) is 0 Å². The van der Waals surface area contributed by atoms with Gasteiger partial charge in [0.25, 0.3) is 0 Å². The quantitative estimate of drug-likeness (QED) is 0.927. The number of likely N-dealkylation sites (tertiary alicyclic amines) is 1. The first-order chi connectivity index (χ1) is 9.95. The van der Waals surface area contributed by atoms with E-state index in [4.69, 9.17) is 11.6 Å². The predicted molar refractivity (Wildman–Crippen MR) is 83.2 cm³/mol. The summed E-state index contributed by atoms with van der Waals surface area (Å²) in [5.74, 6) is -0.174. The van der Waals surface area contributed by atoms with Crippen LogP contribution in [0.2, 0.25) is 5.02 Å². The number of likely N-dealkylation sites (N-methyl/N-ethyl adjacent to an activating group) is 1. The van der Waals surface area contributed by atoms with Crippen molar-refractivity contribution in [2.45, 2.75) is 18.9 Å². The fourth-order valence-corrected chi connectivity index (χ4v) is 2.57. The number of nitrogens with zero attached hydrogens (tertiary/aromatic N) is 2. The minimum absolute atomic E-state index is 0.113. The van der Waals surface area contributed by atoms with Gasteiger partial charge in [-0.25, -0.2) is 4.39 Å². The van der Waals surface area contributed by atoms with Gasteiger partial charge in [0.05, 0.1) is 12.2 Å². The Morgan fingerprint density at radius 3 is 2.71 bits per heavy atom. The van der Waals surface area contributed by atoms with Crippen molar-refractivity contribution in [3.63, 3.8) is 0 Å². The van der Waals surface area contributed by atoms with Crippen LogP contribution >= 0.6 is 11.6 Å². The summed E-state index contributed by atoms with van der Waals surface area (Å²) in [6.07, 6.45) is 1.76. The van der Waals surface area contributed by atoms with E-state index in [1.807, 2.05) is 0 Å². The van der Waals surface area contributed by atoms with Gasteiger partial charge in [0.2, 0.25) is 5.91 Å². The summed E-state index contributed by atoms with van der Waals surface area (Å²) in [4.78, 5) is 15.4. The summed E-state index contributed by atoms with van der Waals surface area (Å²) in [6.45, 7) is 2.12. The number of hydrogen-bond donors (Lipinski definition) is 1. The number of benzene rings is 1. The largest absolute Gasteiger partial charge is 0.380 e. The van der Waals surface area contributed by atoms with Crippen LogP contribution in [0.15, 0.2) is 18.2 Å². The van der Waals surface area contributed by atoms with Crippen LogP contribution < -0.4 is 5.32 Å². The molecule has 0 aliphatic carbocycles. The fraction of sp³-hybridized carbons (Fsp3) is 0.533. The zero-order chi connectivity index (χ0) is 15.4. The summed E-state index contributed by atoms with van der Waals surface area (Å²) in [7, 11) is 3.52. The molecule has 0 bridgehead atoms. The van der Waals surface area contributed by atoms with Gasteiger partial charge >= 0.3 is 0 Å². The van der Waals surface area contributed by atoms with Crippen LogP contribution in [-0.2, 0) is 4.79 Å². The van der Waals surface area contributed by atoms with Crippen LogP contribution in [-0.4, -0.2) is 55.5 Å². The molecule has 6 heteroatoms. The van der Waals surface area contributed by atoms with Crippen LogP contribution in [0.1, 0.15) is 12.8 Å². The molecule has 0 aromatic heterocycles. The van der Waals surface area contributed by atoms with E-state index >= 15 is 0 Å². The molecule has 1 N–H and O–H groups in total. The summed E-state index contributed by atoms with van der Waals surface area (Å²) in [6, 6.07) is 4.73. The van der Waals surface area contributed by atoms with Gasteiger partial charge in [0.15, 0.2) is 0 Å². The monoisotopic (exact) mass is 313 g/mol. The Morgan fingerprint density at radius 1 is 1.43 bits per heavy atom. The first-order valence-electron chi connectivity index (χ1n) is 7.10. The fourth-order valence-electron chi connectivity index (χ4n) is 2.40. The molecule has 1 aromatic carbocycles. The smallest absolute Gasteiger partial charge is 0.236 e.